The lowest BCUT2D eigenvalue weighted by Gasteiger charge is -2.32. The van der Waals surface area contributed by atoms with Crippen LogP contribution in [0.4, 0.5) is 0 Å². The fraction of sp³-hybridized carbons (Fsp3) is 0.400. The van der Waals surface area contributed by atoms with Crippen molar-refractivity contribution in [2.75, 3.05) is 6.54 Å². The van der Waals surface area contributed by atoms with Gasteiger partial charge in [0.2, 0.25) is 0 Å². The van der Waals surface area contributed by atoms with Crippen LogP contribution in [0, 0.1) is 5.41 Å². The van der Waals surface area contributed by atoms with Gasteiger partial charge >= 0.3 is 0 Å². The highest BCUT2D eigenvalue weighted by Gasteiger charge is 2.26. The van der Waals surface area contributed by atoms with Crippen LogP contribution in [0.5, 0.6) is 0 Å². The summed E-state index contributed by atoms with van der Waals surface area (Å²) in [6.07, 6.45) is 10.6. The Balaban J connectivity index is 1.82. The highest BCUT2D eigenvalue weighted by atomic mass is 32.1. The second-order valence-corrected chi connectivity index (χ2v) is 9.53. The summed E-state index contributed by atoms with van der Waals surface area (Å²) in [5.74, 6) is -0.00672. The van der Waals surface area contributed by atoms with Gasteiger partial charge in [0.05, 0.1) is 0 Å². The summed E-state index contributed by atoms with van der Waals surface area (Å²) >= 11 is 1.73. The zero-order chi connectivity index (χ0) is 20.3. The Morgan fingerprint density at radius 3 is 2.79 bits per heavy atom. The highest BCUT2D eigenvalue weighted by molar-refractivity contribution is 7.19. The van der Waals surface area contributed by atoms with Crippen LogP contribution < -0.4 is 5.32 Å². The van der Waals surface area contributed by atoms with Gasteiger partial charge in [0.15, 0.2) is 0 Å². The molecule has 28 heavy (non-hydrogen) atoms. The third-order valence-corrected chi connectivity index (χ3v) is 6.61. The van der Waals surface area contributed by atoms with Gasteiger partial charge in [0.25, 0.3) is 5.91 Å². The Morgan fingerprint density at radius 2 is 2.07 bits per heavy atom. The van der Waals surface area contributed by atoms with Crippen LogP contribution in [0.1, 0.15) is 69.1 Å². The van der Waals surface area contributed by atoms with Crippen molar-refractivity contribution >= 4 is 33.4 Å². The van der Waals surface area contributed by atoms with Crippen LogP contribution in [-0.4, -0.2) is 12.5 Å². The van der Waals surface area contributed by atoms with Crippen molar-refractivity contribution < 1.29 is 4.79 Å². The van der Waals surface area contributed by atoms with Crippen LogP contribution in [0.15, 0.2) is 53.1 Å². The van der Waals surface area contributed by atoms with Gasteiger partial charge in [-0.15, -0.1) is 11.3 Å². The van der Waals surface area contributed by atoms with Crippen LogP contribution in [0.25, 0.3) is 16.2 Å². The summed E-state index contributed by atoms with van der Waals surface area (Å²) in [5, 5.41) is 4.05. The maximum atomic E-state index is 12.1. The first-order valence-corrected chi connectivity index (χ1v) is 11.0. The minimum absolute atomic E-state index is 0.00672. The summed E-state index contributed by atoms with van der Waals surface area (Å²) in [5.41, 5.74) is 5.27. The van der Waals surface area contributed by atoms with Crippen molar-refractivity contribution in [3.63, 3.8) is 0 Å². The molecule has 0 saturated heterocycles. The SMILES string of the molecule is CCNC(=O)c1ccc2cc(/C=C(\C)C=CC3=C(C)CCCC3(C)C)sc2c1. The third kappa shape index (κ3) is 4.64. The van der Waals surface area contributed by atoms with Crippen LogP contribution in [-0.2, 0) is 0 Å². The predicted octanol–water partition coefficient (Wildman–Crippen LogP) is 7.14. The molecule has 0 radical (unpaired) electrons. The summed E-state index contributed by atoms with van der Waals surface area (Å²) in [6.45, 7) is 11.7. The van der Waals surface area contributed by atoms with Gasteiger partial charge in [0, 0.05) is 21.7 Å². The first kappa shape index (κ1) is 20.6. The molecule has 0 saturated carbocycles. The van der Waals surface area contributed by atoms with Crippen LogP contribution >= 0.6 is 11.3 Å². The molecule has 1 amide bonds. The summed E-state index contributed by atoms with van der Waals surface area (Å²) in [7, 11) is 0. The molecule has 0 fully saturated rings. The number of carbonyl (C=O) groups excluding carboxylic acids is 1. The van der Waals surface area contributed by atoms with E-state index in [0.29, 0.717) is 6.54 Å². The molecule has 1 aliphatic carbocycles. The molecule has 1 aromatic heterocycles. The number of hydrogen-bond acceptors (Lipinski definition) is 2. The lowest BCUT2D eigenvalue weighted by molar-refractivity contribution is 0.0956. The molecule has 0 unspecified atom stereocenters. The lowest BCUT2D eigenvalue weighted by Crippen LogP contribution is -2.22. The van der Waals surface area contributed by atoms with Gasteiger partial charge in [-0.3, -0.25) is 4.79 Å². The largest absolute Gasteiger partial charge is 0.352 e. The molecule has 1 aromatic carbocycles. The second-order valence-electron chi connectivity index (χ2n) is 8.41. The standard InChI is InChI=1S/C25H31NOS/c1-6-26-24(27)20-11-10-19-15-21(28-23(19)16-20)14-17(2)9-12-22-18(3)8-7-13-25(22,4)5/h9-12,14-16H,6-8,13H2,1-5H3,(H,26,27)/b12-9?,17-14+. The Kier molecular flexibility index (Phi) is 6.24. The van der Waals surface area contributed by atoms with Crippen molar-refractivity contribution in [2.24, 2.45) is 5.41 Å². The number of rotatable bonds is 5. The lowest BCUT2D eigenvalue weighted by atomic mass is 9.72. The molecule has 3 heteroatoms. The number of benzene rings is 1. The van der Waals surface area contributed by atoms with Gasteiger partial charge in [0.1, 0.15) is 0 Å². The molecule has 2 aromatic rings. The first-order chi connectivity index (χ1) is 13.3. The molecule has 148 valence electrons. The predicted molar refractivity (Wildman–Crippen MR) is 123 cm³/mol. The normalized spacial score (nSPS) is 17.5. The Morgan fingerprint density at radius 1 is 1.29 bits per heavy atom. The van der Waals surface area contributed by atoms with Crippen molar-refractivity contribution in [1.29, 1.82) is 0 Å². The van der Waals surface area contributed by atoms with E-state index >= 15 is 0 Å². The summed E-state index contributed by atoms with van der Waals surface area (Å²) in [6, 6.07) is 8.14. The minimum Gasteiger partial charge on any atom is -0.352 e. The van der Waals surface area contributed by atoms with Crippen LogP contribution in [0.3, 0.4) is 0 Å². The van der Waals surface area contributed by atoms with Crippen molar-refractivity contribution in [1.82, 2.24) is 5.32 Å². The molecule has 0 bridgehead atoms. The van der Waals surface area contributed by atoms with E-state index < -0.39 is 0 Å². The van der Waals surface area contributed by atoms with Crippen molar-refractivity contribution in [3.05, 3.63) is 63.6 Å². The Hall–Kier alpha value is -2.13. The molecular weight excluding hydrogens is 362 g/mol. The molecule has 1 heterocycles. The number of carbonyl (C=O) groups is 1. The van der Waals surface area contributed by atoms with E-state index in [1.165, 1.54) is 46.2 Å². The smallest absolute Gasteiger partial charge is 0.251 e. The van der Waals surface area contributed by atoms with E-state index in [2.05, 4.69) is 57.3 Å². The van der Waals surface area contributed by atoms with Gasteiger partial charge < -0.3 is 5.32 Å². The maximum Gasteiger partial charge on any atom is 0.251 e. The van der Waals surface area contributed by atoms with Crippen LogP contribution in [0.2, 0.25) is 0 Å². The monoisotopic (exact) mass is 393 g/mol. The Labute approximate surface area is 173 Å². The molecular formula is C25H31NOS. The van der Waals surface area contributed by atoms with Crippen molar-refractivity contribution in [2.45, 2.75) is 53.9 Å². The number of nitrogens with one attached hydrogen (secondary N) is 1. The fourth-order valence-corrected chi connectivity index (χ4v) is 5.14. The topological polar surface area (TPSA) is 29.1 Å². The number of hydrogen-bond donors (Lipinski definition) is 1. The van der Waals surface area contributed by atoms with E-state index in [0.717, 1.165) is 10.3 Å². The average Bonchev–Trinajstić information content (AvgIpc) is 3.02. The molecule has 1 aliphatic rings. The second kappa shape index (κ2) is 8.48. The summed E-state index contributed by atoms with van der Waals surface area (Å²) < 4.78 is 1.15. The highest BCUT2D eigenvalue weighted by Crippen LogP contribution is 2.40. The quantitative estimate of drug-likeness (QED) is 0.537. The first-order valence-electron chi connectivity index (χ1n) is 10.2. The molecule has 0 atom stereocenters. The minimum atomic E-state index is -0.00672. The molecule has 3 rings (SSSR count). The van der Waals surface area contributed by atoms with Gasteiger partial charge in [-0.05, 0) is 86.3 Å². The number of allylic oxidation sites excluding steroid dienone is 5. The van der Waals surface area contributed by atoms with E-state index in [-0.39, 0.29) is 11.3 Å². The van der Waals surface area contributed by atoms with E-state index in [9.17, 15) is 4.79 Å². The zero-order valence-corrected chi connectivity index (χ0v) is 18.5. The van der Waals surface area contributed by atoms with E-state index in [1.807, 2.05) is 25.1 Å². The number of thiophene rings is 1. The van der Waals surface area contributed by atoms with Crippen molar-refractivity contribution in [3.8, 4) is 0 Å². The Bertz CT molecular complexity index is 972. The summed E-state index contributed by atoms with van der Waals surface area (Å²) in [4.78, 5) is 13.3. The van der Waals surface area contributed by atoms with Gasteiger partial charge in [-0.1, -0.05) is 37.6 Å². The fourth-order valence-electron chi connectivity index (χ4n) is 4.02. The maximum absolute atomic E-state index is 12.1. The number of amides is 1. The van der Waals surface area contributed by atoms with Gasteiger partial charge in [-0.25, -0.2) is 0 Å². The van der Waals surface area contributed by atoms with E-state index in [4.69, 9.17) is 0 Å². The molecule has 2 nitrogen and oxygen atoms in total. The molecule has 0 aliphatic heterocycles. The average molecular weight is 394 g/mol. The van der Waals surface area contributed by atoms with E-state index in [1.54, 1.807) is 11.3 Å². The third-order valence-electron chi connectivity index (χ3n) is 5.56. The molecule has 1 N–H and O–H groups in total. The number of fused-ring (bicyclic) bond motifs is 1. The molecule has 0 spiro atoms. The van der Waals surface area contributed by atoms with Gasteiger partial charge in [-0.2, -0.15) is 0 Å². The zero-order valence-electron chi connectivity index (χ0n) is 17.7.